The number of rotatable bonds is 4. The molecule has 4 N–H and O–H groups in total. The van der Waals surface area contributed by atoms with Crippen molar-refractivity contribution in [3.63, 3.8) is 0 Å². The summed E-state index contributed by atoms with van der Waals surface area (Å²) in [6.45, 7) is 3.90. The monoisotopic (exact) mass is 346 g/mol. The second-order valence-corrected chi connectivity index (χ2v) is 7.85. The van der Waals surface area contributed by atoms with Gasteiger partial charge < -0.3 is 10.7 Å². The molecule has 2 aromatic heterocycles. The van der Waals surface area contributed by atoms with E-state index in [2.05, 4.69) is 15.0 Å². The van der Waals surface area contributed by atoms with E-state index in [9.17, 15) is 9.00 Å². The summed E-state index contributed by atoms with van der Waals surface area (Å²) in [5.41, 5.74) is 8.08. The van der Waals surface area contributed by atoms with Crippen LogP contribution in [0.1, 0.15) is 18.1 Å². The van der Waals surface area contributed by atoms with Crippen LogP contribution in [0.5, 0.6) is 0 Å². The zero-order valence-corrected chi connectivity index (χ0v) is 14.2. The minimum atomic E-state index is -3.13. The van der Waals surface area contributed by atoms with Gasteiger partial charge in [-0.25, -0.2) is 18.8 Å². The molecule has 0 aliphatic rings. The number of nitrogens with two attached hydrogens (primary N) is 1. The van der Waals surface area contributed by atoms with Crippen molar-refractivity contribution in [2.45, 2.75) is 25.5 Å². The molecule has 126 valence electrons. The van der Waals surface area contributed by atoms with Gasteiger partial charge >= 0.3 is 5.69 Å². The molecule has 0 saturated heterocycles. The largest absolute Gasteiger partial charge is 0.382 e. The number of benzene rings is 1. The molecule has 0 radical (unpaired) electrons. The molecule has 0 fully saturated rings. The first-order valence-electron chi connectivity index (χ1n) is 7.40. The van der Waals surface area contributed by atoms with E-state index in [0.717, 1.165) is 11.1 Å². The third kappa shape index (κ3) is 2.78. The summed E-state index contributed by atoms with van der Waals surface area (Å²) in [6, 6.07) is 7.76. The Bertz CT molecular complexity index is 1060. The van der Waals surface area contributed by atoms with Gasteiger partial charge in [-0.2, -0.15) is 4.98 Å². The summed E-state index contributed by atoms with van der Waals surface area (Å²) in [5, 5.41) is -0.147. The predicted octanol–water partition coefficient (Wildman–Crippen LogP) is 1.48. The van der Waals surface area contributed by atoms with Crippen LogP contribution in [0.15, 0.2) is 34.2 Å². The number of aromatic amines is 1. The zero-order valence-electron chi connectivity index (χ0n) is 13.4. The first kappa shape index (κ1) is 16.2. The van der Waals surface area contributed by atoms with Crippen molar-refractivity contribution < 1.29 is 4.21 Å². The van der Waals surface area contributed by atoms with E-state index in [0.29, 0.717) is 12.1 Å². The Balaban J connectivity index is 2.19. The molecule has 3 aromatic rings. The van der Waals surface area contributed by atoms with E-state index < -0.39 is 9.73 Å². The third-order valence-electron chi connectivity index (χ3n) is 3.79. The van der Waals surface area contributed by atoms with Crippen LogP contribution < -0.4 is 11.4 Å². The molecule has 2 heterocycles. The lowest BCUT2D eigenvalue weighted by molar-refractivity contribution is 0.667. The Kier molecular flexibility index (Phi) is 3.88. The van der Waals surface area contributed by atoms with Gasteiger partial charge in [-0.15, -0.1) is 0 Å². The summed E-state index contributed by atoms with van der Waals surface area (Å²) in [6.07, 6.45) is 0. The fraction of sp³-hybridized carbons (Fsp3) is 0.267. The average molecular weight is 346 g/mol. The van der Waals surface area contributed by atoms with Crippen LogP contribution in [-0.2, 0) is 16.3 Å². The van der Waals surface area contributed by atoms with E-state index in [1.165, 1.54) is 4.57 Å². The van der Waals surface area contributed by atoms with Crippen LogP contribution in [0, 0.1) is 11.7 Å². The SMILES string of the molecule is CC[S@@](=N)(=O)c1nc(N)c2[nH]c(=O)n(Cc3ccc(C)cc3)c2n1. The molecule has 0 bridgehead atoms. The lowest BCUT2D eigenvalue weighted by Crippen LogP contribution is -2.18. The Labute approximate surface area is 138 Å². The molecule has 1 aromatic carbocycles. The Morgan fingerprint density at radius 2 is 1.96 bits per heavy atom. The van der Waals surface area contributed by atoms with Crippen LogP contribution in [0.4, 0.5) is 5.82 Å². The molecule has 0 unspecified atom stereocenters. The summed E-state index contributed by atoms with van der Waals surface area (Å²) < 4.78 is 21.5. The van der Waals surface area contributed by atoms with Crippen LogP contribution in [-0.4, -0.2) is 29.5 Å². The predicted molar refractivity (Wildman–Crippen MR) is 92.5 cm³/mol. The fourth-order valence-corrected chi connectivity index (χ4v) is 3.07. The van der Waals surface area contributed by atoms with Gasteiger partial charge in [-0.05, 0) is 12.5 Å². The van der Waals surface area contributed by atoms with E-state index >= 15 is 0 Å². The van der Waals surface area contributed by atoms with Gasteiger partial charge in [0.05, 0.1) is 6.54 Å². The Hall–Kier alpha value is -2.68. The number of nitrogen functional groups attached to an aromatic ring is 1. The fourth-order valence-electron chi connectivity index (χ4n) is 2.33. The highest BCUT2D eigenvalue weighted by atomic mass is 32.2. The van der Waals surface area contributed by atoms with Gasteiger partial charge in [-0.3, -0.25) is 4.57 Å². The maximum atomic E-state index is 12.3. The smallest absolute Gasteiger partial charge is 0.328 e. The summed E-state index contributed by atoms with van der Waals surface area (Å²) in [5.74, 6) is 0.0908. The highest BCUT2D eigenvalue weighted by Gasteiger charge is 2.18. The molecule has 1 atom stereocenters. The molecule has 0 aliphatic heterocycles. The average Bonchev–Trinajstić information content (AvgIpc) is 2.86. The highest BCUT2D eigenvalue weighted by molar-refractivity contribution is 7.92. The molecular weight excluding hydrogens is 328 g/mol. The number of H-pyrrole nitrogens is 1. The maximum Gasteiger partial charge on any atom is 0.328 e. The minimum Gasteiger partial charge on any atom is -0.382 e. The summed E-state index contributed by atoms with van der Waals surface area (Å²) in [4.78, 5) is 23.0. The number of nitrogens with one attached hydrogen (secondary N) is 2. The lowest BCUT2D eigenvalue weighted by atomic mass is 10.1. The van der Waals surface area contributed by atoms with E-state index in [1.54, 1.807) is 6.92 Å². The number of fused-ring (bicyclic) bond motifs is 1. The Morgan fingerprint density at radius 3 is 2.58 bits per heavy atom. The van der Waals surface area contributed by atoms with E-state index in [4.69, 9.17) is 10.5 Å². The molecule has 3 rings (SSSR count). The third-order valence-corrected chi connectivity index (χ3v) is 5.38. The van der Waals surface area contributed by atoms with Crippen molar-refractivity contribution in [2.75, 3.05) is 11.5 Å². The van der Waals surface area contributed by atoms with Gasteiger partial charge in [-0.1, -0.05) is 36.8 Å². The second-order valence-electron chi connectivity index (χ2n) is 5.56. The molecule has 0 amide bonds. The van der Waals surface area contributed by atoms with Crippen molar-refractivity contribution in [1.29, 1.82) is 4.78 Å². The number of imidazole rings is 1. The molecule has 24 heavy (non-hydrogen) atoms. The quantitative estimate of drug-likeness (QED) is 0.616. The number of hydrogen-bond donors (Lipinski definition) is 3. The van der Waals surface area contributed by atoms with Gasteiger partial charge in [0.2, 0.25) is 5.16 Å². The second kappa shape index (κ2) is 5.75. The molecule has 0 spiro atoms. The summed E-state index contributed by atoms with van der Waals surface area (Å²) in [7, 11) is -3.13. The van der Waals surface area contributed by atoms with Crippen molar-refractivity contribution in [2.24, 2.45) is 0 Å². The normalized spacial score (nSPS) is 13.9. The first-order chi connectivity index (χ1) is 11.3. The Morgan fingerprint density at radius 1 is 1.29 bits per heavy atom. The van der Waals surface area contributed by atoms with Crippen molar-refractivity contribution in [3.05, 3.63) is 45.9 Å². The van der Waals surface area contributed by atoms with Crippen LogP contribution in [0.3, 0.4) is 0 Å². The number of nitrogens with zero attached hydrogens (tertiary/aromatic N) is 3. The topological polar surface area (TPSA) is 131 Å². The number of hydrogen-bond acceptors (Lipinski definition) is 6. The number of anilines is 1. The van der Waals surface area contributed by atoms with Gasteiger partial charge in [0.15, 0.2) is 11.5 Å². The lowest BCUT2D eigenvalue weighted by Gasteiger charge is -2.07. The van der Waals surface area contributed by atoms with Crippen molar-refractivity contribution >= 4 is 26.7 Å². The number of aryl methyl sites for hydroxylation is 1. The van der Waals surface area contributed by atoms with E-state index in [1.807, 2.05) is 31.2 Å². The van der Waals surface area contributed by atoms with Crippen molar-refractivity contribution in [3.8, 4) is 0 Å². The highest BCUT2D eigenvalue weighted by Crippen LogP contribution is 2.18. The zero-order chi connectivity index (χ0) is 17.5. The van der Waals surface area contributed by atoms with Gasteiger partial charge in [0, 0.05) is 5.75 Å². The summed E-state index contributed by atoms with van der Waals surface area (Å²) >= 11 is 0. The van der Waals surface area contributed by atoms with Gasteiger partial charge in [0.1, 0.15) is 15.2 Å². The first-order valence-corrected chi connectivity index (χ1v) is 9.12. The van der Waals surface area contributed by atoms with Crippen LogP contribution in [0.25, 0.3) is 11.2 Å². The molecule has 9 heteroatoms. The standard InChI is InChI=1S/C15H18N6O2S/c1-3-24(17,23)14-19-12(16)11-13(20-14)21(15(22)18-11)8-10-6-4-9(2)5-7-10/h4-7,17H,3,8H2,1-2H3,(H,18,22)(H2,16,19,20)/t24-/m1/s1. The van der Waals surface area contributed by atoms with Crippen molar-refractivity contribution in [1.82, 2.24) is 19.5 Å². The molecule has 0 saturated carbocycles. The van der Waals surface area contributed by atoms with E-state index in [-0.39, 0.29) is 28.1 Å². The molecular formula is C15H18N6O2S. The van der Waals surface area contributed by atoms with Gasteiger partial charge in [0.25, 0.3) is 0 Å². The molecule has 8 nitrogen and oxygen atoms in total. The van der Waals surface area contributed by atoms with Crippen LogP contribution in [0.2, 0.25) is 0 Å². The maximum absolute atomic E-state index is 12.3. The molecule has 0 aliphatic carbocycles. The minimum absolute atomic E-state index is 0.0168. The van der Waals surface area contributed by atoms with Crippen LogP contribution >= 0.6 is 0 Å². The number of aromatic nitrogens is 4.